The largest absolute Gasteiger partial charge is 0.486 e. The zero-order chi connectivity index (χ0) is 15.2. The second-order valence-corrected chi connectivity index (χ2v) is 5.15. The molecule has 7 heteroatoms. The molecule has 6 nitrogen and oxygen atoms in total. The number of nitriles is 1. The Morgan fingerprint density at radius 1 is 1.43 bits per heavy atom. The van der Waals surface area contributed by atoms with Crippen molar-refractivity contribution in [2.75, 3.05) is 12.4 Å². The van der Waals surface area contributed by atoms with Crippen molar-refractivity contribution in [1.29, 1.82) is 5.26 Å². The number of aryl methyl sites for hydroxylation is 1. The number of anilines is 1. The summed E-state index contributed by atoms with van der Waals surface area (Å²) < 4.78 is 10.1. The Bertz CT molecular complexity index is 674. The Morgan fingerprint density at radius 3 is 2.71 bits per heavy atom. The number of carbonyl (C=O) groups excluding carboxylic acids is 1. The number of rotatable bonds is 4. The van der Waals surface area contributed by atoms with E-state index in [4.69, 9.17) is 10.00 Å². The van der Waals surface area contributed by atoms with Crippen molar-refractivity contribution in [1.82, 2.24) is 4.98 Å². The summed E-state index contributed by atoms with van der Waals surface area (Å²) in [4.78, 5) is 15.9. The zero-order valence-electron chi connectivity index (χ0n) is 11.5. The zero-order valence-corrected chi connectivity index (χ0v) is 12.4. The first kappa shape index (κ1) is 14.8. The van der Waals surface area contributed by atoms with Gasteiger partial charge in [-0.15, -0.1) is 11.3 Å². The van der Waals surface area contributed by atoms with E-state index in [1.165, 1.54) is 18.4 Å². The lowest BCUT2D eigenvalue weighted by atomic mass is 10.3. The van der Waals surface area contributed by atoms with Crippen LogP contribution in [0.25, 0.3) is 0 Å². The number of nitrogens with one attached hydrogen (secondary N) is 1. The summed E-state index contributed by atoms with van der Waals surface area (Å²) in [5.41, 5.74) is 1.34. The molecule has 21 heavy (non-hydrogen) atoms. The number of amides is 1. The second-order valence-electron chi connectivity index (χ2n) is 4.06. The van der Waals surface area contributed by atoms with E-state index in [0.29, 0.717) is 22.9 Å². The van der Waals surface area contributed by atoms with Gasteiger partial charge < -0.3 is 9.47 Å². The van der Waals surface area contributed by atoms with Crippen LogP contribution in [0.15, 0.2) is 24.3 Å². The minimum absolute atomic E-state index is 0.303. The first-order valence-corrected chi connectivity index (χ1v) is 6.88. The fourth-order valence-corrected chi connectivity index (χ4v) is 2.34. The third kappa shape index (κ3) is 3.94. The van der Waals surface area contributed by atoms with Crippen LogP contribution in [0.3, 0.4) is 0 Å². The SMILES string of the molecule is COC(=O)Nc1ccc(OCc2nc(C)c(C#N)s2)cc1. The summed E-state index contributed by atoms with van der Waals surface area (Å²) in [5, 5.41) is 12.2. The first-order chi connectivity index (χ1) is 10.1. The van der Waals surface area contributed by atoms with Gasteiger partial charge in [-0.2, -0.15) is 5.26 Å². The number of aromatic nitrogens is 1. The molecule has 1 aromatic heterocycles. The van der Waals surface area contributed by atoms with Crippen LogP contribution in [-0.4, -0.2) is 18.2 Å². The van der Waals surface area contributed by atoms with Gasteiger partial charge in [0, 0.05) is 5.69 Å². The number of benzene rings is 1. The minimum Gasteiger partial charge on any atom is -0.486 e. The van der Waals surface area contributed by atoms with Gasteiger partial charge in [-0.05, 0) is 31.2 Å². The van der Waals surface area contributed by atoms with E-state index in [-0.39, 0.29) is 0 Å². The third-order valence-corrected chi connectivity index (χ3v) is 3.63. The highest BCUT2D eigenvalue weighted by Gasteiger charge is 2.07. The number of hydrogen-bond donors (Lipinski definition) is 1. The molecule has 108 valence electrons. The first-order valence-electron chi connectivity index (χ1n) is 6.06. The molecule has 1 N–H and O–H groups in total. The Hall–Kier alpha value is -2.59. The molecule has 0 atom stereocenters. The third-order valence-electron chi connectivity index (χ3n) is 2.59. The minimum atomic E-state index is -0.522. The predicted molar refractivity (Wildman–Crippen MR) is 78.4 cm³/mol. The van der Waals surface area contributed by atoms with Gasteiger partial charge in [-0.25, -0.2) is 9.78 Å². The molecule has 0 unspecified atom stereocenters. The van der Waals surface area contributed by atoms with Gasteiger partial charge in [0.25, 0.3) is 0 Å². The molecule has 1 amide bonds. The lowest BCUT2D eigenvalue weighted by molar-refractivity contribution is 0.187. The average Bonchev–Trinajstić information content (AvgIpc) is 2.86. The maximum Gasteiger partial charge on any atom is 0.411 e. The van der Waals surface area contributed by atoms with Crippen molar-refractivity contribution in [2.45, 2.75) is 13.5 Å². The highest BCUT2D eigenvalue weighted by Crippen LogP contribution is 2.20. The van der Waals surface area contributed by atoms with Crippen LogP contribution in [0, 0.1) is 18.3 Å². The second kappa shape index (κ2) is 6.72. The monoisotopic (exact) mass is 303 g/mol. The highest BCUT2D eigenvalue weighted by atomic mass is 32.1. The summed E-state index contributed by atoms with van der Waals surface area (Å²) in [5.74, 6) is 0.650. The van der Waals surface area contributed by atoms with Crippen LogP contribution in [0.2, 0.25) is 0 Å². The van der Waals surface area contributed by atoms with E-state index in [0.717, 1.165) is 10.7 Å². The van der Waals surface area contributed by atoms with Gasteiger partial charge in [0.15, 0.2) is 0 Å². The van der Waals surface area contributed by atoms with E-state index in [9.17, 15) is 4.79 Å². The molecular formula is C14H13N3O3S. The molecule has 0 aliphatic carbocycles. The fourth-order valence-electron chi connectivity index (χ4n) is 1.57. The summed E-state index contributed by atoms with van der Waals surface area (Å²) in [6.07, 6.45) is -0.522. The molecule has 1 aromatic carbocycles. The van der Waals surface area contributed by atoms with Crippen molar-refractivity contribution in [2.24, 2.45) is 0 Å². The summed E-state index contributed by atoms with van der Waals surface area (Å²) in [6.45, 7) is 2.10. The van der Waals surface area contributed by atoms with Crippen LogP contribution in [0.1, 0.15) is 15.6 Å². The maximum atomic E-state index is 11.0. The van der Waals surface area contributed by atoms with Gasteiger partial charge in [-0.3, -0.25) is 5.32 Å². The van der Waals surface area contributed by atoms with Crippen molar-refractivity contribution >= 4 is 23.1 Å². The van der Waals surface area contributed by atoms with Gasteiger partial charge in [-0.1, -0.05) is 0 Å². The van der Waals surface area contributed by atoms with Crippen molar-refractivity contribution in [3.8, 4) is 11.8 Å². The Morgan fingerprint density at radius 2 is 2.14 bits per heavy atom. The summed E-state index contributed by atoms with van der Waals surface area (Å²) >= 11 is 1.32. The molecule has 0 aliphatic heterocycles. The van der Waals surface area contributed by atoms with Gasteiger partial charge >= 0.3 is 6.09 Å². The lowest BCUT2D eigenvalue weighted by Crippen LogP contribution is -2.10. The van der Waals surface area contributed by atoms with Crippen LogP contribution in [0.5, 0.6) is 5.75 Å². The van der Waals surface area contributed by atoms with E-state index in [2.05, 4.69) is 21.1 Å². The molecule has 1 heterocycles. The predicted octanol–water partition coefficient (Wildman–Crippen LogP) is 3.08. The summed E-state index contributed by atoms with van der Waals surface area (Å²) in [6, 6.07) is 8.98. The summed E-state index contributed by atoms with van der Waals surface area (Å²) in [7, 11) is 1.30. The van der Waals surface area contributed by atoms with Crippen molar-refractivity contribution < 1.29 is 14.3 Å². The van der Waals surface area contributed by atoms with E-state index in [1.807, 2.05) is 0 Å². The molecule has 0 radical (unpaired) electrons. The van der Waals surface area contributed by atoms with Gasteiger partial charge in [0.05, 0.1) is 12.8 Å². The molecule has 0 fully saturated rings. The maximum absolute atomic E-state index is 11.0. The van der Waals surface area contributed by atoms with Crippen LogP contribution < -0.4 is 10.1 Å². The standard InChI is InChI=1S/C14H13N3O3S/c1-9-12(7-15)21-13(16-9)8-20-11-5-3-10(4-6-11)17-14(18)19-2/h3-6H,8H2,1-2H3,(H,17,18). The number of ether oxygens (including phenoxy) is 2. The molecule has 0 spiro atoms. The van der Waals surface area contributed by atoms with E-state index >= 15 is 0 Å². The molecule has 0 saturated heterocycles. The number of thiazole rings is 1. The Kier molecular flexibility index (Phi) is 4.74. The number of nitrogens with zero attached hydrogens (tertiary/aromatic N) is 2. The lowest BCUT2D eigenvalue weighted by Gasteiger charge is -2.06. The average molecular weight is 303 g/mol. The number of hydrogen-bond acceptors (Lipinski definition) is 6. The Labute approximate surface area is 126 Å². The molecule has 2 aromatic rings. The quantitative estimate of drug-likeness (QED) is 0.938. The molecule has 0 aliphatic rings. The van der Waals surface area contributed by atoms with Gasteiger partial charge in [0.2, 0.25) is 0 Å². The molecule has 2 rings (SSSR count). The highest BCUT2D eigenvalue weighted by molar-refractivity contribution is 7.12. The fraction of sp³-hybridized carbons (Fsp3) is 0.214. The number of methoxy groups -OCH3 is 1. The van der Waals surface area contributed by atoms with E-state index in [1.54, 1.807) is 31.2 Å². The molecule has 0 bridgehead atoms. The topological polar surface area (TPSA) is 84.2 Å². The van der Waals surface area contributed by atoms with Crippen molar-refractivity contribution in [3.63, 3.8) is 0 Å². The smallest absolute Gasteiger partial charge is 0.411 e. The number of carbonyl (C=O) groups is 1. The van der Waals surface area contributed by atoms with Gasteiger partial charge in [0.1, 0.15) is 28.3 Å². The molecule has 0 saturated carbocycles. The van der Waals surface area contributed by atoms with Crippen molar-refractivity contribution in [3.05, 3.63) is 39.8 Å². The molecular weight excluding hydrogens is 290 g/mol. The normalized spacial score (nSPS) is 9.76. The Balaban J connectivity index is 1.94. The van der Waals surface area contributed by atoms with E-state index < -0.39 is 6.09 Å². The van der Waals surface area contributed by atoms with Crippen LogP contribution >= 0.6 is 11.3 Å². The van der Waals surface area contributed by atoms with Crippen LogP contribution in [-0.2, 0) is 11.3 Å². The van der Waals surface area contributed by atoms with Crippen LogP contribution in [0.4, 0.5) is 10.5 Å².